The van der Waals surface area contributed by atoms with Crippen molar-refractivity contribution < 1.29 is 4.79 Å². The molecule has 14 heavy (non-hydrogen) atoms. The third-order valence-electron chi connectivity index (χ3n) is 3.31. The first-order chi connectivity index (χ1) is 6.81. The molecule has 0 aromatic heterocycles. The van der Waals surface area contributed by atoms with Crippen molar-refractivity contribution >= 4 is 5.91 Å². The summed E-state index contributed by atoms with van der Waals surface area (Å²) in [4.78, 5) is 13.7. The Hall–Kier alpha value is -0.610. The van der Waals surface area contributed by atoms with Gasteiger partial charge in [-0.05, 0) is 12.8 Å². The lowest BCUT2D eigenvalue weighted by Gasteiger charge is -2.43. The van der Waals surface area contributed by atoms with Crippen LogP contribution in [0.2, 0.25) is 0 Å². The number of fused-ring (bicyclic) bond motifs is 1. The molecule has 1 saturated heterocycles. The summed E-state index contributed by atoms with van der Waals surface area (Å²) in [5.41, 5.74) is 5.55. The maximum Gasteiger partial charge on any atom is 0.234 e. The summed E-state index contributed by atoms with van der Waals surface area (Å²) in [5, 5.41) is 3.09. The van der Waals surface area contributed by atoms with E-state index in [1.165, 1.54) is 19.3 Å². The normalized spacial score (nSPS) is 33.6. The number of hydrogen-bond donors (Lipinski definition) is 2. The Labute approximate surface area is 84.8 Å². The molecule has 80 valence electrons. The average molecular weight is 197 g/mol. The van der Waals surface area contributed by atoms with Crippen LogP contribution in [-0.4, -0.2) is 42.5 Å². The van der Waals surface area contributed by atoms with Crippen LogP contribution in [0.4, 0.5) is 0 Å². The van der Waals surface area contributed by atoms with Crippen LogP contribution in [0.15, 0.2) is 0 Å². The molecule has 0 aromatic carbocycles. The van der Waals surface area contributed by atoms with Gasteiger partial charge in [0.25, 0.3) is 0 Å². The Morgan fingerprint density at radius 3 is 3.00 bits per heavy atom. The van der Waals surface area contributed by atoms with E-state index in [1.54, 1.807) is 0 Å². The van der Waals surface area contributed by atoms with Gasteiger partial charge in [-0.15, -0.1) is 0 Å². The SMILES string of the molecule is NCCN1CC(=O)NC2CCCCC21. The topological polar surface area (TPSA) is 58.4 Å². The molecule has 1 saturated carbocycles. The number of amides is 1. The van der Waals surface area contributed by atoms with Gasteiger partial charge in [0.1, 0.15) is 0 Å². The Bertz CT molecular complexity index is 219. The predicted molar refractivity (Wildman–Crippen MR) is 54.8 cm³/mol. The van der Waals surface area contributed by atoms with E-state index in [1.807, 2.05) is 0 Å². The highest BCUT2D eigenvalue weighted by Gasteiger charge is 2.35. The molecule has 0 radical (unpaired) electrons. The van der Waals surface area contributed by atoms with Crippen LogP contribution in [0.5, 0.6) is 0 Å². The van der Waals surface area contributed by atoms with E-state index in [4.69, 9.17) is 5.73 Å². The highest BCUT2D eigenvalue weighted by molar-refractivity contribution is 5.79. The minimum atomic E-state index is 0.168. The van der Waals surface area contributed by atoms with Gasteiger partial charge in [0, 0.05) is 25.2 Å². The number of nitrogens with one attached hydrogen (secondary N) is 1. The first-order valence-electron chi connectivity index (χ1n) is 5.55. The first-order valence-corrected chi connectivity index (χ1v) is 5.55. The summed E-state index contributed by atoms with van der Waals surface area (Å²) in [6.45, 7) is 2.05. The monoisotopic (exact) mass is 197 g/mol. The third kappa shape index (κ3) is 1.91. The molecular formula is C10H19N3O. The van der Waals surface area contributed by atoms with Crippen LogP contribution in [0.1, 0.15) is 25.7 Å². The summed E-state index contributed by atoms with van der Waals surface area (Å²) < 4.78 is 0. The van der Waals surface area contributed by atoms with Crippen LogP contribution in [0, 0.1) is 0 Å². The van der Waals surface area contributed by atoms with E-state index < -0.39 is 0 Å². The second kappa shape index (κ2) is 4.28. The quantitative estimate of drug-likeness (QED) is 0.638. The zero-order chi connectivity index (χ0) is 9.97. The van der Waals surface area contributed by atoms with Gasteiger partial charge in [-0.25, -0.2) is 0 Å². The molecule has 2 atom stereocenters. The van der Waals surface area contributed by atoms with E-state index in [0.717, 1.165) is 13.0 Å². The Morgan fingerprint density at radius 1 is 1.43 bits per heavy atom. The smallest absolute Gasteiger partial charge is 0.234 e. The van der Waals surface area contributed by atoms with Crippen molar-refractivity contribution in [3.63, 3.8) is 0 Å². The summed E-state index contributed by atoms with van der Waals surface area (Å²) in [6.07, 6.45) is 4.89. The molecular weight excluding hydrogens is 178 g/mol. The van der Waals surface area contributed by atoms with Gasteiger partial charge >= 0.3 is 0 Å². The number of rotatable bonds is 2. The molecule has 1 aliphatic carbocycles. The van der Waals surface area contributed by atoms with Crippen molar-refractivity contribution in [1.82, 2.24) is 10.2 Å². The molecule has 0 spiro atoms. The fourth-order valence-corrected chi connectivity index (χ4v) is 2.68. The van der Waals surface area contributed by atoms with Crippen molar-refractivity contribution in [2.45, 2.75) is 37.8 Å². The van der Waals surface area contributed by atoms with E-state index in [9.17, 15) is 4.79 Å². The van der Waals surface area contributed by atoms with Crippen LogP contribution in [0.25, 0.3) is 0 Å². The lowest BCUT2D eigenvalue weighted by atomic mass is 9.87. The molecule has 2 unspecified atom stereocenters. The average Bonchev–Trinajstić information content (AvgIpc) is 2.18. The number of carbonyl (C=O) groups excluding carboxylic acids is 1. The van der Waals surface area contributed by atoms with Crippen LogP contribution >= 0.6 is 0 Å². The molecule has 2 fully saturated rings. The van der Waals surface area contributed by atoms with E-state index >= 15 is 0 Å². The lowest BCUT2D eigenvalue weighted by Crippen LogP contribution is -2.62. The Balaban J connectivity index is 2.03. The van der Waals surface area contributed by atoms with Gasteiger partial charge in [-0.2, -0.15) is 0 Å². The van der Waals surface area contributed by atoms with Crippen molar-refractivity contribution in [1.29, 1.82) is 0 Å². The Kier molecular flexibility index (Phi) is 3.03. The standard InChI is InChI=1S/C10H19N3O/c11-5-6-13-7-10(14)12-8-3-1-2-4-9(8)13/h8-9H,1-7,11H2,(H,12,14). The second-order valence-corrected chi connectivity index (χ2v) is 4.28. The number of nitrogens with zero attached hydrogens (tertiary/aromatic N) is 1. The van der Waals surface area contributed by atoms with Crippen molar-refractivity contribution in [2.75, 3.05) is 19.6 Å². The van der Waals surface area contributed by atoms with Crippen molar-refractivity contribution in [2.24, 2.45) is 5.73 Å². The molecule has 1 amide bonds. The predicted octanol–water partition coefficient (Wildman–Crippen LogP) is -0.312. The number of nitrogens with two attached hydrogens (primary N) is 1. The molecule has 0 aromatic rings. The van der Waals surface area contributed by atoms with Gasteiger partial charge in [0.15, 0.2) is 0 Å². The number of carbonyl (C=O) groups is 1. The molecule has 2 rings (SSSR count). The van der Waals surface area contributed by atoms with Crippen LogP contribution in [-0.2, 0) is 4.79 Å². The highest BCUT2D eigenvalue weighted by Crippen LogP contribution is 2.25. The first kappa shape index (κ1) is 9.93. The summed E-state index contributed by atoms with van der Waals surface area (Å²) >= 11 is 0. The summed E-state index contributed by atoms with van der Waals surface area (Å²) in [7, 11) is 0. The number of piperazine rings is 1. The molecule has 0 bridgehead atoms. The molecule has 4 heteroatoms. The zero-order valence-electron chi connectivity index (χ0n) is 8.54. The van der Waals surface area contributed by atoms with Crippen LogP contribution < -0.4 is 11.1 Å². The minimum Gasteiger partial charge on any atom is -0.351 e. The summed E-state index contributed by atoms with van der Waals surface area (Å²) in [6, 6.07) is 0.932. The molecule has 4 nitrogen and oxygen atoms in total. The van der Waals surface area contributed by atoms with Gasteiger partial charge in [0.2, 0.25) is 5.91 Å². The summed E-state index contributed by atoms with van der Waals surface area (Å²) in [5.74, 6) is 0.168. The fraction of sp³-hybridized carbons (Fsp3) is 0.900. The Morgan fingerprint density at radius 2 is 2.21 bits per heavy atom. The van der Waals surface area contributed by atoms with Crippen molar-refractivity contribution in [3.05, 3.63) is 0 Å². The minimum absolute atomic E-state index is 0.168. The molecule has 2 aliphatic rings. The van der Waals surface area contributed by atoms with Gasteiger partial charge < -0.3 is 11.1 Å². The molecule has 1 heterocycles. The van der Waals surface area contributed by atoms with Gasteiger partial charge in [-0.1, -0.05) is 12.8 Å². The largest absolute Gasteiger partial charge is 0.351 e. The third-order valence-corrected chi connectivity index (χ3v) is 3.31. The molecule has 3 N–H and O–H groups in total. The van der Waals surface area contributed by atoms with Crippen LogP contribution in [0.3, 0.4) is 0 Å². The lowest BCUT2D eigenvalue weighted by molar-refractivity contribution is -0.128. The van der Waals surface area contributed by atoms with Gasteiger partial charge in [0.05, 0.1) is 6.54 Å². The van der Waals surface area contributed by atoms with E-state index in [-0.39, 0.29) is 5.91 Å². The van der Waals surface area contributed by atoms with Gasteiger partial charge in [-0.3, -0.25) is 9.69 Å². The van der Waals surface area contributed by atoms with E-state index in [2.05, 4.69) is 10.2 Å². The maximum absolute atomic E-state index is 11.4. The van der Waals surface area contributed by atoms with E-state index in [0.29, 0.717) is 25.2 Å². The fourth-order valence-electron chi connectivity index (χ4n) is 2.68. The maximum atomic E-state index is 11.4. The zero-order valence-corrected chi connectivity index (χ0v) is 8.54. The molecule has 1 aliphatic heterocycles. The number of hydrogen-bond acceptors (Lipinski definition) is 3. The highest BCUT2D eigenvalue weighted by atomic mass is 16.2. The van der Waals surface area contributed by atoms with Crippen molar-refractivity contribution in [3.8, 4) is 0 Å². The second-order valence-electron chi connectivity index (χ2n) is 4.28.